The van der Waals surface area contributed by atoms with Crippen LogP contribution >= 0.6 is 0 Å². The Hall–Kier alpha value is -3.47. The van der Waals surface area contributed by atoms with Gasteiger partial charge in [-0.15, -0.1) is 5.10 Å². The molecule has 11 heteroatoms. The van der Waals surface area contributed by atoms with Crippen LogP contribution in [0.2, 0.25) is 0 Å². The Labute approximate surface area is 208 Å². The zero-order valence-corrected chi connectivity index (χ0v) is 20.7. The lowest BCUT2D eigenvalue weighted by molar-refractivity contribution is -0.144. The molecule has 1 saturated carbocycles. The molecule has 0 amide bonds. The number of rotatable bonds is 9. The van der Waals surface area contributed by atoms with Crippen LogP contribution in [0.5, 0.6) is 11.5 Å². The van der Waals surface area contributed by atoms with Gasteiger partial charge in [-0.1, -0.05) is 19.8 Å². The second-order valence-electron chi connectivity index (χ2n) is 9.24. The molecule has 0 radical (unpaired) electrons. The zero-order chi connectivity index (χ0) is 25.1. The largest absolute Gasteiger partial charge is 0.486 e. The van der Waals surface area contributed by atoms with E-state index in [9.17, 15) is 9.59 Å². The van der Waals surface area contributed by atoms with Crippen LogP contribution in [-0.2, 0) is 22.6 Å². The molecule has 1 atom stereocenters. The summed E-state index contributed by atoms with van der Waals surface area (Å²) in [6, 6.07) is 5.80. The van der Waals surface area contributed by atoms with Gasteiger partial charge in [-0.25, -0.2) is 4.68 Å². The first-order valence-electron chi connectivity index (χ1n) is 12.7. The lowest BCUT2D eigenvalue weighted by atomic mass is 10.0. The first-order valence-corrected chi connectivity index (χ1v) is 12.7. The van der Waals surface area contributed by atoms with Crippen LogP contribution in [0, 0.1) is 0 Å². The van der Waals surface area contributed by atoms with Gasteiger partial charge in [-0.05, 0) is 48.7 Å². The SMILES string of the molecule is CCOC(=O)Cn1nnnc1C(CC)N(Cc1cc2cc3c(cc2[nH]c1=O)OCCO3)C1CCCC1. The number of hydrogen-bond acceptors (Lipinski definition) is 9. The summed E-state index contributed by atoms with van der Waals surface area (Å²) in [6.07, 6.45) is 5.09. The highest BCUT2D eigenvalue weighted by atomic mass is 16.6. The molecule has 1 aliphatic carbocycles. The number of carbonyl (C=O) groups excluding carboxylic acids is 1. The van der Waals surface area contributed by atoms with E-state index in [0.717, 1.165) is 37.5 Å². The van der Waals surface area contributed by atoms with Crippen molar-refractivity contribution in [3.05, 3.63) is 39.9 Å². The summed E-state index contributed by atoms with van der Waals surface area (Å²) < 4.78 is 18.0. The summed E-state index contributed by atoms with van der Waals surface area (Å²) in [6.45, 7) is 5.53. The van der Waals surface area contributed by atoms with Gasteiger partial charge in [-0.3, -0.25) is 14.5 Å². The average molecular weight is 497 g/mol. The predicted octanol–water partition coefficient (Wildman–Crippen LogP) is 2.74. The molecule has 11 nitrogen and oxygen atoms in total. The maximum absolute atomic E-state index is 13.2. The van der Waals surface area contributed by atoms with Gasteiger partial charge in [-0.2, -0.15) is 0 Å². The van der Waals surface area contributed by atoms with Crippen LogP contribution in [0.1, 0.15) is 63.4 Å². The van der Waals surface area contributed by atoms with Crippen LogP contribution < -0.4 is 15.0 Å². The number of carbonyl (C=O) groups is 1. The van der Waals surface area contributed by atoms with Crippen LogP contribution in [-0.4, -0.2) is 61.9 Å². The normalized spacial score (nSPS) is 16.5. The smallest absolute Gasteiger partial charge is 0.327 e. The molecule has 0 saturated heterocycles. The highest BCUT2D eigenvalue weighted by Gasteiger charge is 2.33. The number of hydrogen-bond donors (Lipinski definition) is 1. The van der Waals surface area contributed by atoms with E-state index < -0.39 is 0 Å². The Kier molecular flexibility index (Phi) is 7.17. The molecule has 5 rings (SSSR count). The molecule has 1 aliphatic heterocycles. The summed E-state index contributed by atoms with van der Waals surface area (Å²) in [5.74, 6) is 1.55. The fourth-order valence-electron chi connectivity index (χ4n) is 5.29. The van der Waals surface area contributed by atoms with Gasteiger partial charge in [0.2, 0.25) is 0 Å². The van der Waals surface area contributed by atoms with Gasteiger partial charge < -0.3 is 19.2 Å². The lowest BCUT2D eigenvalue weighted by Crippen LogP contribution is -2.39. The lowest BCUT2D eigenvalue weighted by Gasteiger charge is -2.35. The Bertz CT molecular complexity index is 1280. The van der Waals surface area contributed by atoms with Crippen LogP contribution in [0.3, 0.4) is 0 Å². The molecule has 1 aromatic carbocycles. The van der Waals surface area contributed by atoms with Gasteiger partial charge in [0.05, 0.1) is 18.2 Å². The first-order chi connectivity index (χ1) is 17.6. The third-order valence-corrected chi connectivity index (χ3v) is 6.96. The number of fused-ring (bicyclic) bond motifs is 2. The number of aromatic amines is 1. The topological polar surface area (TPSA) is 124 Å². The number of tetrazole rings is 1. The van der Waals surface area contributed by atoms with E-state index in [0.29, 0.717) is 54.8 Å². The van der Waals surface area contributed by atoms with E-state index in [1.54, 1.807) is 6.92 Å². The zero-order valence-electron chi connectivity index (χ0n) is 20.7. The Morgan fingerprint density at radius 3 is 2.67 bits per heavy atom. The molecule has 2 aliphatic rings. The van der Waals surface area contributed by atoms with Gasteiger partial charge >= 0.3 is 5.97 Å². The minimum Gasteiger partial charge on any atom is -0.486 e. The second-order valence-corrected chi connectivity index (χ2v) is 9.24. The van der Waals surface area contributed by atoms with Crippen molar-refractivity contribution < 1.29 is 19.0 Å². The summed E-state index contributed by atoms with van der Waals surface area (Å²) >= 11 is 0. The van der Waals surface area contributed by atoms with Crippen molar-refractivity contribution in [3.8, 4) is 11.5 Å². The number of H-pyrrole nitrogens is 1. The van der Waals surface area contributed by atoms with E-state index in [-0.39, 0.29) is 30.2 Å². The molecule has 0 bridgehead atoms. The molecule has 1 N–H and O–H groups in total. The highest BCUT2D eigenvalue weighted by molar-refractivity contribution is 5.83. The minimum absolute atomic E-state index is 0.0467. The monoisotopic (exact) mass is 496 g/mol. The molecular weight excluding hydrogens is 464 g/mol. The summed E-state index contributed by atoms with van der Waals surface area (Å²) in [5.41, 5.74) is 1.24. The minimum atomic E-state index is -0.381. The number of ether oxygens (including phenoxy) is 3. The maximum atomic E-state index is 13.2. The van der Waals surface area contributed by atoms with E-state index in [1.165, 1.54) is 4.68 Å². The number of benzene rings is 1. The van der Waals surface area contributed by atoms with Crippen molar-refractivity contribution in [2.45, 2.75) is 71.1 Å². The number of nitrogens with zero attached hydrogens (tertiary/aromatic N) is 5. The van der Waals surface area contributed by atoms with Crippen molar-refractivity contribution in [2.75, 3.05) is 19.8 Å². The van der Waals surface area contributed by atoms with Crippen molar-refractivity contribution in [1.82, 2.24) is 30.1 Å². The Morgan fingerprint density at radius 2 is 1.94 bits per heavy atom. The fourth-order valence-corrected chi connectivity index (χ4v) is 5.29. The van der Waals surface area contributed by atoms with E-state index >= 15 is 0 Å². The molecule has 3 heterocycles. The molecule has 0 spiro atoms. The van der Waals surface area contributed by atoms with Crippen molar-refractivity contribution >= 4 is 16.9 Å². The third-order valence-electron chi connectivity index (χ3n) is 6.96. The summed E-state index contributed by atoms with van der Waals surface area (Å²) in [5, 5.41) is 13.1. The molecule has 1 fully saturated rings. The van der Waals surface area contributed by atoms with Gasteiger partial charge in [0.15, 0.2) is 17.3 Å². The molecule has 192 valence electrons. The summed E-state index contributed by atoms with van der Waals surface area (Å²) in [4.78, 5) is 30.7. The van der Waals surface area contributed by atoms with Gasteiger partial charge in [0, 0.05) is 29.6 Å². The quantitative estimate of drug-likeness (QED) is 0.445. The summed E-state index contributed by atoms with van der Waals surface area (Å²) in [7, 11) is 0. The van der Waals surface area contributed by atoms with E-state index in [2.05, 4.69) is 32.3 Å². The Morgan fingerprint density at radius 1 is 1.19 bits per heavy atom. The molecular formula is C25H32N6O5. The number of pyridine rings is 1. The number of aromatic nitrogens is 5. The van der Waals surface area contributed by atoms with Crippen molar-refractivity contribution in [3.63, 3.8) is 0 Å². The van der Waals surface area contributed by atoms with Gasteiger partial charge in [0.25, 0.3) is 5.56 Å². The predicted molar refractivity (Wildman–Crippen MR) is 131 cm³/mol. The fraction of sp³-hybridized carbons (Fsp3) is 0.560. The number of nitrogens with one attached hydrogen (secondary N) is 1. The van der Waals surface area contributed by atoms with E-state index in [4.69, 9.17) is 14.2 Å². The molecule has 3 aromatic rings. The van der Waals surface area contributed by atoms with Crippen LogP contribution in [0.4, 0.5) is 0 Å². The van der Waals surface area contributed by atoms with Crippen molar-refractivity contribution in [1.29, 1.82) is 0 Å². The standard InChI is InChI=1S/C25H32N6O5/c1-3-20(24-27-28-29-31(24)15-23(32)34-4-2)30(18-7-5-6-8-18)14-17-11-16-12-21-22(36-10-9-35-21)13-19(16)26-25(17)33/h11-13,18,20H,3-10,14-15H2,1-2H3,(H,26,33). The molecule has 2 aromatic heterocycles. The molecule has 1 unspecified atom stereocenters. The third kappa shape index (κ3) is 4.92. The van der Waals surface area contributed by atoms with Crippen LogP contribution in [0.25, 0.3) is 10.9 Å². The van der Waals surface area contributed by atoms with Crippen LogP contribution in [0.15, 0.2) is 23.0 Å². The maximum Gasteiger partial charge on any atom is 0.327 e. The molecule has 36 heavy (non-hydrogen) atoms. The first kappa shape index (κ1) is 24.2. The van der Waals surface area contributed by atoms with Crippen molar-refractivity contribution in [2.24, 2.45) is 0 Å². The number of esters is 1. The van der Waals surface area contributed by atoms with E-state index in [1.807, 2.05) is 18.2 Å². The highest BCUT2D eigenvalue weighted by Crippen LogP contribution is 2.35. The average Bonchev–Trinajstić information content (AvgIpc) is 3.56. The Balaban J connectivity index is 1.48. The van der Waals surface area contributed by atoms with Gasteiger partial charge in [0.1, 0.15) is 19.8 Å². The second kappa shape index (κ2) is 10.7.